The van der Waals surface area contributed by atoms with E-state index >= 15 is 0 Å². The number of aliphatic hydroxyl groups is 1. The zero-order valence-electron chi connectivity index (χ0n) is 8.63. The molecule has 0 fully saturated rings. The van der Waals surface area contributed by atoms with Crippen LogP contribution >= 0.6 is 0 Å². The molecule has 0 aromatic carbocycles. The van der Waals surface area contributed by atoms with Gasteiger partial charge in [-0.3, -0.25) is 4.79 Å². The molecule has 0 saturated heterocycles. The topological polar surface area (TPSA) is 37.3 Å². The lowest BCUT2D eigenvalue weighted by molar-refractivity contribution is -0.117. The molecule has 0 amide bonds. The van der Waals surface area contributed by atoms with E-state index in [1.54, 1.807) is 0 Å². The lowest BCUT2D eigenvalue weighted by Gasteiger charge is -2.28. The highest BCUT2D eigenvalue weighted by Gasteiger charge is 2.30. The highest BCUT2D eigenvalue weighted by Crippen LogP contribution is 2.28. The molecule has 0 spiro atoms. The number of Topliss-reactive ketones (excluding diaryl/α,β-unsaturated/α-hetero) is 1. The van der Waals surface area contributed by atoms with Crippen molar-refractivity contribution >= 4 is 5.78 Å². The van der Waals surface area contributed by atoms with E-state index in [0.29, 0.717) is 12.0 Å². The van der Waals surface area contributed by atoms with Gasteiger partial charge in [0, 0.05) is 12.0 Å². The number of hydrogen-bond acceptors (Lipinski definition) is 2. The molecule has 1 rings (SSSR count). The van der Waals surface area contributed by atoms with Crippen molar-refractivity contribution in [1.82, 2.24) is 0 Å². The Morgan fingerprint density at radius 2 is 2.08 bits per heavy atom. The second kappa shape index (κ2) is 3.62. The molecule has 0 aromatic heterocycles. The molecule has 1 atom stereocenters. The molecule has 0 aliphatic heterocycles. The summed E-state index contributed by atoms with van der Waals surface area (Å²) in [6.07, 6.45) is 3.73. The van der Waals surface area contributed by atoms with Crippen molar-refractivity contribution in [3.8, 4) is 0 Å². The van der Waals surface area contributed by atoms with Crippen LogP contribution in [-0.2, 0) is 4.79 Å². The second-order valence-corrected chi connectivity index (χ2v) is 4.74. The molecule has 74 valence electrons. The minimum Gasteiger partial charge on any atom is -0.388 e. The first-order valence-electron chi connectivity index (χ1n) is 4.84. The summed E-state index contributed by atoms with van der Waals surface area (Å²) in [6, 6.07) is 0. The second-order valence-electron chi connectivity index (χ2n) is 4.74. The normalized spacial score (nSPS) is 21.2. The van der Waals surface area contributed by atoms with Crippen LogP contribution in [0, 0.1) is 5.41 Å². The van der Waals surface area contributed by atoms with E-state index in [0.717, 1.165) is 12.8 Å². The van der Waals surface area contributed by atoms with Gasteiger partial charge >= 0.3 is 0 Å². The molecule has 1 N–H and O–H groups in total. The zero-order chi connectivity index (χ0) is 10.1. The van der Waals surface area contributed by atoms with E-state index in [-0.39, 0.29) is 11.2 Å². The molecule has 0 radical (unpaired) electrons. The van der Waals surface area contributed by atoms with Gasteiger partial charge in [0.1, 0.15) is 0 Å². The maximum atomic E-state index is 11.5. The lowest BCUT2D eigenvalue weighted by Crippen LogP contribution is -2.32. The van der Waals surface area contributed by atoms with E-state index < -0.39 is 6.10 Å². The quantitative estimate of drug-likeness (QED) is 0.674. The molecule has 2 heteroatoms. The number of aliphatic hydroxyl groups excluding tert-OH is 1. The number of hydrogen-bond donors (Lipinski definition) is 1. The first-order chi connectivity index (χ1) is 5.93. The van der Waals surface area contributed by atoms with Crippen LogP contribution in [0.25, 0.3) is 0 Å². The number of carbonyl (C=O) groups is 1. The average molecular weight is 182 g/mol. The van der Waals surface area contributed by atoms with Crippen molar-refractivity contribution in [2.75, 3.05) is 0 Å². The van der Waals surface area contributed by atoms with E-state index in [9.17, 15) is 9.90 Å². The number of allylic oxidation sites excluding steroid dienone is 1. The highest BCUT2D eigenvalue weighted by molar-refractivity contribution is 5.97. The van der Waals surface area contributed by atoms with Crippen LogP contribution < -0.4 is 0 Å². The van der Waals surface area contributed by atoms with Gasteiger partial charge in [0.05, 0.1) is 6.10 Å². The van der Waals surface area contributed by atoms with E-state index in [1.807, 2.05) is 26.8 Å². The Hall–Kier alpha value is -0.630. The largest absolute Gasteiger partial charge is 0.388 e. The molecule has 0 heterocycles. The van der Waals surface area contributed by atoms with E-state index in [1.165, 1.54) is 0 Å². The summed E-state index contributed by atoms with van der Waals surface area (Å²) in [5, 5.41) is 9.89. The summed E-state index contributed by atoms with van der Waals surface area (Å²) < 4.78 is 0. The van der Waals surface area contributed by atoms with Gasteiger partial charge in [-0.15, -0.1) is 0 Å². The molecule has 1 aliphatic rings. The summed E-state index contributed by atoms with van der Waals surface area (Å²) in [7, 11) is 0. The predicted molar refractivity (Wildman–Crippen MR) is 52.4 cm³/mol. The van der Waals surface area contributed by atoms with Crippen molar-refractivity contribution in [3.63, 3.8) is 0 Å². The highest BCUT2D eigenvalue weighted by atomic mass is 16.3. The molecule has 0 saturated carbocycles. The molecule has 0 aromatic rings. The third-order valence-electron chi connectivity index (χ3n) is 2.41. The van der Waals surface area contributed by atoms with E-state index in [2.05, 4.69) is 0 Å². The molecule has 1 unspecified atom stereocenters. The van der Waals surface area contributed by atoms with Crippen molar-refractivity contribution in [2.24, 2.45) is 5.41 Å². The maximum Gasteiger partial charge on any atom is 0.161 e. The third-order valence-corrected chi connectivity index (χ3v) is 2.41. The summed E-state index contributed by atoms with van der Waals surface area (Å²) >= 11 is 0. The van der Waals surface area contributed by atoms with Crippen LogP contribution in [0.4, 0.5) is 0 Å². The summed E-state index contributed by atoms with van der Waals surface area (Å²) in [5.41, 5.74) is 0.387. The molecule has 0 bridgehead atoms. The molecule has 13 heavy (non-hydrogen) atoms. The van der Waals surface area contributed by atoms with Crippen LogP contribution in [0.5, 0.6) is 0 Å². The van der Waals surface area contributed by atoms with Gasteiger partial charge in [-0.2, -0.15) is 0 Å². The van der Waals surface area contributed by atoms with Crippen LogP contribution in [0.2, 0.25) is 0 Å². The Balaban J connectivity index is 2.81. The van der Waals surface area contributed by atoms with Crippen LogP contribution in [0.15, 0.2) is 11.6 Å². The van der Waals surface area contributed by atoms with Gasteiger partial charge in [-0.25, -0.2) is 0 Å². The average Bonchev–Trinajstić information content (AvgIpc) is 2.02. The first kappa shape index (κ1) is 10.5. The summed E-state index contributed by atoms with van der Waals surface area (Å²) in [5.74, 6) is 0.119. The van der Waals surface area contributed by atoms with Crippen molar-refractivity contribution in [2.45, 2.75) is 46.1 Å². The molecule has 1 aliphatic carbocycles. The Morgan fingerprint density at radius 1 is 1.46 bits per heavy atom. The number of carbonyl (C=O) groups excluding carboxylic acids is 1. The summed E-state index contributed by atoms with van der Waals surface area (Å²) in [6.45, 7) is 5.83. The minimum absolute atomic E-state index is 0.119. The van der Waals surface area contributed by atoms with Crippen LogP contribution in [0.3, 0.4) is 0 Å². The van der Waals surface area contributed by atoms with Gasteiger partial charge in [-0.05, 0) is 18.3 Å². The SMILES string of the molecule is CC(C)(C)C(O)C1=CCCCC1=O. The monoisotopic (exact) mass is 182 g/mol. The number of ketones is 1. The maximum absolute atomic E-state index is 11.5. The lowest BCUT2D eigenvalue weighted by atomic mass is 9.80. The molecular weight excluding hydrogens is 164 g/mol. The zero-order valence-corrected chi connectivity index (χ0v) is 8.63. The van der Waals surface area contributed by atoms with Gasteiger partial charge in [0.2, 0.25) is 0 Å². The van der Waals surface area contributed by atoms with E-state index in [4.69, 9.17) is 0 Å². The van der Waals surface area contributed by atoms with Crippen molar-refractivity contribution in [1.29, 1.82) is 0 Å². The smallest absolute Gasteiger partial charge is 0.161 e. The fraction of sp³-hybridized carbons (Fsp3) is 0.727. The van der Waals surface area contributed by atoms with Crippen molar-refractivity contribution < 1.29 is 9.90 Å². The Kier molecular flexibility index (Phi) is 2.91. The van der Waals surface area contributed by atoms with Crippen LogP contribution in [-0.4, -0.2) is 17.0 Å². The predicted octanol–water partition coefficient (Wildman–Crippen LogP) is 2.07. The summed E-state index contributed by atoms with van der Waals surface area (Å²) in [4.78, 5) is 11.5. The van der Waals surface area contributed by atoms with Crippen LogP contribution in [0.1, 0.15) is 40.0 Å². The fourth-order valence-corrected chi connectivity index (χ4v) is 1.51. The fourth-order valence-electron chi connectivity index (χ4n) is 1.51. The third kappa shape index (κ3) is 2.41. The number of rotatable bonds is 1. The first-order valence-corrected chi connectivity index (χ1v) is 4.84. The van der Waals surface area contributed by atoms with Gasteiger partial charge in [-0.1, -0.05) is 26.8 Å². The van der Waals surface area contributed by atoms with Gasteiger partial charge in [0.15, 0.2) is 5.78 Å². The van der Waals surface area contributed by atoms with Crippen molar-refractivity contribution in [3.05, 3.63) is 11.6 Å². The Labute approximate surface area is 79.6 Å². The van der Waals surface area contributed by atoms with Gasteiger partial charge in [0.25, 0.3) is 0 Å². The standard InChI is InChI=1S/C11H18O2/c1-11(2,3)10(13)8-6-4-5-7-9(8)12/h6,10,13H,4-5,7H2,1-3H3. The molecular formula is C11H18O2. The Morgan fingerprint density at radius 3 is 2.54 bits per heavy atom. The van der Waals surface area contributed by atoms with Gasteiger partial charge < -0.3 is 5.11 Å². The molecule has 2 nitrogen and oxygen atoms in total. The Bertz CT molecular complexity index is 233. The minimum atomic E-state index is -0.611.